The van der Waals surface area contributed by atoms with Crippen molar-refractivity contribution < 1.29 is 9.13 Å². The standard InChI is InChI=1S/C15H25FN2OS/c1-4-7-19-15-10-14(13(17)9-12(15)16)18-11(3)6-8-20-5-2/h9-11,18H,4-8,17H2,1-3H3. The van der Waals surface area contributed by atoms with Crippen molar-refractivity contribution in [2.24, 2.45) is 0 Å². The number of hydrogen-bond acceptors (Lipinski definition) is 4. The van der Waals surface area contributed by atoms with Gasteiger partial charge in [0.25, 0.3) is 0 Å². The van der Waals surface area contributed by atoms with Crippen LogP contribution in [-0.4, -0.2) is 24.2 Å². The third kappa shape index (κ3) is 5.49. The molecule has 0 fully saturated rings. The summed E-state index contributed by atoms with van der Waals surface area (Å²) in [6, 6.07) is 3.27. The van der Waals surface area contributed by atoms with E-state index in [2.05, 4.69) is 19.2 Å². The van der Waals surface area contributed by atoms with Crippen LogP contribution in [0.3, 0.4) is 0 Å². The van der Waals surface area contributed by atoms with Gasteiger partial charge in [-0.2, -0.15) is 11.8 Å². The van der Waals surface area contributed by atoms with Gasteiger partial charge in [0, 0.05) is 18.2 Å². The number of halogens is 1. The van der Waals surface area contributed by atoms with Gasteiger partial charge in [-0.1, -0.05) is 13.8 Å². The number of hydrogen-bond donors (Lipinski definition) is 2. The minimum atomic E-state index is -0.407. The molecule has 0 spiro atoms. The smallest absolute Gasteiger partial charge is 0.167 e. The number of nitrogen functional groups attached to an aromatic ring is 1. The molecule has 0 saturated carbocycles. The van der Waals surface area contributed by atoms with Crippen molar-refractivity contribution in [3.05, 3.63) is 17.9 Å². The second-order valence-electron chi connectivity index (χ2n) is 4.75. The third-order valence-electron chi connectivity index (χ3n) is 2.87. The molecule has 20 heavy (non-hydrogen) atoms. The summed E-state index contributed by atoms with van der Waals surface area (Å²) < 4.78 is 19.1. The average Bonchev–Trinajstić information content (AvgIpc) is 2.41. The summed E-state index contributed by atoms with van der Waals surface area (Å²) in [7, 11) is 0. The fourth-order valence-electron chi connectivity index (χ4n) is 1.76. The van der Waals surface area contributed by atoms with Crippen LogP contribution in [0.5, 0.6) is 5.75 Å². The highest BCUT2D eigenvalue weighted by Gasteiger charge is 2.11. The largest absolute Gasteiger partial charge is 0.490 e. The van der Waals surface area contributed by atoms with Crippen molar-refractivity contribution in [3.63, 3.8) is 0 Å². The van der Waals surface area contributed by atoms with Gasteiger partial charge in [0.05, 0.1) is 18.0 Å². The Morgan fingerprint density at radius 1 is 1.40 bits per heavy atom. The lowest BCUT2D eigenvalue weighted by atomic mass is 10.2. The predicted octanol–water partition coefficient (Wildman–Crippen LogP) is 4.14. The van der Waals surface area contributed by atoms with Crippen molar-refractivity contribution in [1.82, 2.24) is 0 Å². The number of ether oxygens (including phenoxy) is 1. The highest BCUT2D eigenvalue weighted by molar-refractivity contribution is 7.99. The zero-order valence-corrected chi connectivity index (χ0v) is 13.4. The lowest BCUT2D eigenvalue weighted by molar-refractivity contribution is 0.301. The van der Waals surface area contributed by atoms with E-state index in [0.29, 0.717) is 18.3 Å². The third-order valence-corrected chi connectivity index (χ3v) is 3.80. The van der Waals surface area contributed by atoms with Gasteiger partial charge in [-0.15, -0.1) is 0 Å². The lowest BCUT2D eigenvalue weighted by Gasteiger charge is -2.18. The summed E-state index contributed by atoms with van der Waals surface area (Å²) in [5.74, 6) is 2.08. The summed E-state index contributed by atoms with van der Waals surface area (Å²) in [6.07, 6.45) is 1.89. The van der Waals surface area contributed by atoms with Gasteiger partial charge in [-0.25, -0.2) is 4.39 Å². The summed E-state index contributed by atoms with van der Waals surface area (Å²) >= 11 is 1.91. The number of nitrogens with one attached hydrogen (secondary N) is 1. The van der Waals surface area contributed by atoms with Gasteiger partial charge in [-0.3, -0.25) is 0 Å². The molecule has 3 nitrogen and oxygen atoms in total. The van der Waals surface area contributed by atoms with Gasteiger partial charge < -0.3 is 15.8 Å². The lowest BCUT2D eigenvalue weighted by Crippen LogP contribution is -2.17. The van der Waals surface area contributed by atoms with Crippen molar-refractivity contribution >= 4 is 23.1 Å². The summed E-state index contributed by atoms with van der Waals surface area (Å²) in [5.41, 5.74) is 7.02. The molecule has 3 N–H and O–H groups in total. The molecule has 0 bridgehead atoms. The summed E-state index contributed by atoms with van der Waals surface area (Å²) in [5, 5.41) is 3.33. The van der Waals surface area contributed by atoms with Crippen molar-refractivity contribution in [1.29, 1.82) is 0 Å². The Labute approximate surface area is 125 Å². The first kappa shape index (κ1) is 17.0. The van der Waals surface area contributed by atoms with Crippen LogP contribution in [0.25, 0.3) is 0 Å². The van der Waals surface area contributed by atoms with Crippen LogP contribution in [0.4, 0.5) is 15.8 Å². The van der Waals surface area contributed by atoms with Crippen LogP contribution in [0.1, 0.15) is 33.6 Å². The monoisotopic (exact) mass is 300 g/mol. The van der Waals surface area contributed by atoms with E-state index >= 15 is 0 Å². The maximum absolute atomic E-state index is 13.7. The van der Waals surface area contributed by atoms with Crippen molar-refractivity contribution in [2.75, 3.05) is 29.2 Å². The number of thioether (sulfide) groups is 1. The molecule has 1 rings (SSSR count). The maximum Gasteiger partial charge on any atom is 0.167 e. The molecule has 5 heteroatoms. The zero-order valence-electron chi connectivity index (χ0n) is 12.5. The molecule has 0 aliphatic carbocycles. The molecule has 1 atom stereocenters. The van der Waals surface area contributed by atoms with E-state index in [0.717, 1.165) is 30.0 Å². The molecule has 114 valence electrons. The van der Waals surface area contributed by atoms with E-state index in [1.807, 2.05) is 18.7 Å². The fraction of sp³-hybridized carbons (Fsp3) is 0.600. The number of nitrogens with two attached hydrogens (primary N) is 1. The molecule has 1 aromatic carbocycles. The summed E-state index contributed by atoms with van der Waals surface area (Å²) in [6.45, 7) is 6.74. The Bertz CT molecular complexity index is 415. The predicted molar refractivity (Wildman–Crippen MR) is 87.3 cm³/mol. The highest BCUT2D eigenvalue weighted by atomic mass is 32.2. The van der Waals surface area contributed by atoms with E-state index in [4.69, 9.17) is 10.5 Å². The molecular weight excluding hydrogens is 275 g/mol. The summed E-state index contributed by atoms with van der Waals surface area (Å²) in [4.78, 5) is 0. The first-order valence-electron chi connectivity index (χ1n) is 7.14. The Morgan fingerprint density at radius 2 is 2.15 bits per heavy atom. The Morgan fingerprint density at radius 3 is 2.80 bits per heavy atom. The molecule has 0 radical (unpaired) electrons. The molecule has 0 aliphatic rings. The first-order chi connectivity index (χ1) is 9.58. The molecule has 0 aromatic heterocycles. The van der Waals surface area contributed by atoms with Crippen LogP contribution >= 0.6 is 11.8 Å². The van der Waals surface area contributed by atoms with E-state index in [9.17, 15) is 4.39 Å². The van der Waals surface area contributed by atoms with Crippen LogP contribution in [0.15, 0.2) is 12.1 Å². The number of rotatable bonds is 9. The Kier molecular flexibility index (Phi) is 7.59. The van der Waals surface area contributed by atoms with Gasteiger partial charge in [0.1, 0.15) is 0 Å². The van der Waals surface area contributed by atoms with Crippen LogP contribution in [0.2, 0.25) is 0 Å². The van der Waals surface area contributed by atoms with E-state index < -0.39 is 5.82 Å². The number of benzene rings is 1. The second-order valence-corrected chi connectivity index (χ2v) is 6.14. The average molecular weight is 300 g/mol. The Balaban J connectivity index is 2.68. The first-order valence-corrected chi connectivity index (χ1v) is 8.30. The maximum atomic E-state index is 13.7. The van der Waals surface area contributed by atoms with Gasteiger partial charge in [-0.05, 0) is 31.3 Å². The van der Waals surface area contributed by atoms with Crippen LogP contribution in [-0.2, 0) is 0 Å². The molecule has 1 aromatic rings. The molecule has 0 amide bonds. The van der Waals surface area contributed by atoms with Crippen molar-refractivity contribution in [2.45, 2.75) is 39.7 Å². The van der Waals surface area contributed by atoms with E-state index in [1.54, 1.807) is 6.07 Å². The SMILES string of the molecule is CCCOc1cc(NC(C)CCSCC)c(N)cc1F. The van der Waals surface area contributed by atoms with Gasteiger partial charge in [0.15, 0.2) is 11.6 Å². The topological polar surface area (TPSA) is 47.3 Å². The molecular formula is C15H25FN2OS. The number of anilines is 2. The zero-order chi connectivity index (χ0) is 15.0. The second kappa shape index (κ2) is 8.95. The highest BCUT2D eigenvalue weighted by Crippen LogP contribution is 2.29. The minimum Gasteiger partial charge on any atom is -0.490 e. The quantitative estimate of drug-likeness (QED) is 0.531. The fourth-order valence-corrected chi connectivity index (χ4v) is 2.57. The minimum absolute atomic E-state index is 0.263. The van der Waals surface area contributed by atoms with E-state index in [1.165, 1.54) is 6.07 Å². The molecule has 1 unspecified atom stereocenters. The van der Waals surface area contributed by atoms with Crippen molar-refractivity contribution in [3.8, 4) is 5.75 Å². The normalized spacial score (nSPS) is 12.2. The van der Waals surface area contributed by atoms with Gasteiger partial charge >= 0.3 is 0 Å². The Hall–Kier alpha value is -1.10. The van der Waals surface area contributed by atoms with E-state index in [-0.39, 0.29) is 5.75 Å². The molecule has 0 aliphatic heterocycles. The van der Waals surface area contributed by atoms with Gasteiger partial charge in [0.2, 0.25) is 0 Å². The van der Waals surface area contributed by atoms with Crippen LogP contribution < -0.4 is 15.8 Å². The van der Waals surface area contributed by atoms with Crippen LogP contribution in [0, 0.1) is 5.82 Å². The molecule has 0 heterocycles. The molecule has 0 saturated heterocycles.